The number of carbonyl (C=O) groups is 1. The van der Waals surface area contributed by atoms with Gasteiger partial charge in [-0.1, -0.05) is 6.92 Å². The van der Waals surface area contributed by atoms with E-state index in [0.717, 1.165) is 41.3 Å². The highest BCUT2D eigenvalue weighted by molar-refractivity contribution is 6.06. The third kappa shape index (κ3) is 5.29. The van der Waals surface area contributed by atoms with Crippen molar-refractivity contribution in [1.29, 1.82) is 0 Å². The molecule has 3 aromatic rings. The molecule has 9 heteroatoms. The standard InChI is InChI=1S/C20H27N5O2.2ClH/c1-6-21-7-8-22-20(26)16-10-18(15-9-13(4)27-14(15)5)24-19-17(16)11-23-25(19)12(2)3;;/h9-12,21H,6-8H2,1-5H3,(H,22,26);2*1H. The zero-order valence-electron chi connectivity index (χ0n) is 17.4. The number of fused-ring (bicyclic) bond motifs is 1. The number of aryl methyl sites for hydroxylation is 2. The molecule has 0 bridgehead atoms. The first-order valence-electron chi connectivity index (χ1n) is 9.37. The summed E-state index contributed by atoms with van der Waals surface area (Å²) in [6.45, 7) is 12.1. The van der Waals surface area contributed by atoms with Crippen molar-refractivity contribution in [2.45, 2.75) is 40.7 Å². The zero-order valence-corrected chi connectivity index (χ0v) is 19.0. The second-order valence-electron chi connectivity index (χ2n) is 6.91. The zero-order chi connectivity index (χ0) is 19.6. The summed E-state index contributed by atoms with van der Waals surface area (Å²) in [6, 6.07) is 3.92. The number of nitrogens with one attached hydrogen (secondary N) is 2. The Morgan fingerprint density at radius 2 is 1.93 bits per heavy atom. The van der Waals surface area contributed by atoms with Crippen LogP contribution in [0.2, 0.25) is 0 Å². The highest BCUT2D eigenvalue weighted by Gasteiger charge is 2.20. The maximum absolute atomic E-state index is 12.8. The van der Waals surface area contributed by atoms with Crippen molar-refractivity contribution in [1.82, 2.24) is 25.4 Å². The predicted molar refractivity (Wildman–Crippen MR) is 120 cm³/mol. The molecule has 0 radical (unpaired) electrons. The number of carbonyl (C=O) groups excluding carboxylic acids is 1. The molecule has 0 aliphatic rings. The van der Waals surface area contributed by atoms with Crippen molar-refractivity contribution >= 4 is 41.8 Å². The van der Waals surface area contributed by atoms with Gasteiger partial charge in [0.05, 0.1) is 22.8 Å². The lowest BCUT2D eigenvalue weighted by Crippen LogP contribution is -2.31. The van der Waals surface area contributed by atoms with Crippen molar-refractivity contribution in [3.8, 4) is 11.3 Å². The summed E-state index contributed by atoms with van der Waals surface area (Å²) in [5.74, 6) is 1.48. The minimum Gasteiger partial charge on any atom is -0.466 e. The van der Waals surface area contributed by atoms with Gasteiger partial charge in [-0.25, -0.2) is 9.67 Å². The Morgan fingerprint density at radius 3 is 2.52 bits per heavy atom. The molecule has 1 amide bonds. The fraction of sp³-hybridized carbons (Fsp3) is 0.450. The third-order valence-electron chi connectivity index (χ3n) is 4.45. The number of nitrogens with zero attached hydrogens (tertiary/aromatic N) is 3. The predicted octanol–water partition coefficient (Wildman–Crippen LogP) is 4.07. The van der Waals surface area contributed by atoms with Crippen molar-refractivity contribution in [3.05, 3.63) is 35.4 Å². The third-order valence-corrected chi connectivity index (χ3v) is 4.45. The second-order valence-corrected chi connectivity index (χ2v) is 6.91. The fourth-order valence-corrected chi connectivity index (χ4v) is 3.14. The van der Waals surface area contributed by atoms with Crippen LogP contribution in [-0.2, 0) is 0 Å². The minimum atomic E-state index is -0.122. The van der Waals surface area contributed by atoms with Gasteiger partial charge in [0, 0.05) is 24.7 Å². The lowest BCUT2D eigenvalue weighted by Gasteiger charge is -2.11. The highest BCUT2D eigenvalue weighted by atomic mass is 35.5. The van der Waals surface area contributed by atoms with Crippen LogP contribution in [-0.4, -0.2) is 40.3 Å². The van der Waals surface area contributed by atoms with Gasteiger partial charge in [0.2, 0.25) is 0 Å². The first kappa shape index (κ1) is 24.9. The summed E-state index contributed by atoms with van der Waals surface area (Å²) < 4.78 is 7.50. The molecule has 0 aliphatic carbocycles. The number of furan rings is 1. The maximum Gasteiger partial charge on any atom is 0.252 e. The van der Waals surface area contributed by atoms with E-state index in [1.54, 1.807) is 6.20 Å². The van der Waals surface area contributed by atoms with Gasteiger partial charge >= 0.3 is 0 Å². The number of rotatable bonds is 7. The van der Waals surface area contributed by atoms with Crippen molar-refractivity contribution < 1.29 is 9.21 Å². The van der Waals surface area contributed by atoms with Crippen LogP contribution in [0, 0.1) is 13.8 Å². The smallest absolute Gasteiger partial charge is 0.252 e. The van der Waals surface area contributed by atoms with Gasteiger partial charge in [0.25, 0.3) is 5.91 Å². The van der Waals surface area contributed by atoms with Crippen LogP contribution in [0.3, 0.4) is 0 Å². The van der Waals surface area contributed by atoms with E-state index in [4.69, 9.17) is 9.40 Å². The molecule has 160 valence electrons. The average Bonchev–Trinajstić information content (AvgIpc) is 3.20. The molecule has 0 fully saturated rings. The fourth-order valence-electron chi connectivity index (χ4n) is 3.14. The molecular weight excluding hydrogens is 413 g/mol. The van der Waals surface area contributed by atoms with Gasteiger partial charge in [-0.15, -0.1) is 24.8 Å². The summed E-state index contributed by atoms with van der Waals surface area (Å²) in [4.78, 5) is 17.6. The molecule has 0 spiro atoms. The number of aromatic nitrogens is 3. The topological polar surface area (TPSA) is 85.0 Å². The van der Waals surface area contributed by atoms with E-state index in [1.807, 2.05) is 51.4 Å². The van der Waals surface area contributed by atoms with Crippen LogP contribution in [0.5, 0.6) is 0 Å². The highest BCUT2D eigenvalue weighted by Crippen LogP contribution is 2.29. The number of halogens is 2. The van der Waals surface area contributed by atoms with Gasteiger partial charge in [-0.3, -0.25) is 4.79 Å². The number of pyridine rings is 1. The molecule has 7 nitrogen and oxygen atoms in total. The van der Waals surface area contributed by atoms with Crippen LogP contribution in [0.4, 0.5) is 0 Å². The Kier molecular flexibility index (Phi) is 9.14. The molecule has 0 aromatic carbocycles. The molecule has 0 atom stereocenters. The monoisotopic (exact) mass is 441 g/mol. The van der Waals surface area contributed by atoms with Crippen LogP contribution in [0.1, 0.15) is 48.7 Å². The van der Waals surface area contributed by atoms with E-state index < -0.39 is 0 Å². The Bertz CT molecular complexity index is 965. The molecule has 0 aliphatic heterocycles. The SMILES string of the molecule is CCNCCNC(=O)c1cc(-c2cc(C)oc2C)nc2c1cnn2C(C)C.Cl.Cl. The molecule has 3 aromatic heterocycles. The molecular formula is C20H29Cl2N5O2. The van der Waals surface area contributed by atoms with Crippen molar-refractivity contribution in [2.75, 3.05) is 19.6 Å². The first-order chi connectivity index (χ1) is 12.9. The van der Waals surface area contributed by atoms with E-state index in [-0.39, 0.29) is 36.8 Å². The Balaban J connectivity index is 0.00000210. The molecule has 0 saturated carbocycles. The van der Waals surface area contributed by atoms with E-state index >= 15 is 0 Å². The van der Waals surface area contributed by atoms with E-state index in [9.17, 15) is 4.79 Å². The summed E-state index contributed by atoms with van der Waals surface area (Å²) >= 11 is 0. The average molecular weight is 442 g/mol. The minimum absolute atomic E-state index is 0. The van der Waals surface area contributed by atoms with Gasteiger partial charge < -0.3 is 15.1 Å². The van der Waals surface area contributed by atoms with E-state index in [1.165, 1.54) is 0 Å². The van der Waals surface area contributed by atoms with Crippen molar-refractivity contribution in [2.24, 2.45) is 0 Å². The molecule has 0 saturated heterocycles. The van der Waals surface area contributed by atoms with Crippen LogP contribution >= 0.6 is 24.8 Å². The molecule has 3 rings (SSSR count). The Morgan fingerprint density at radius 1 is 1.21 bits per heavy atom. The number of amides is 1. The first-order valence-corrected chi connectivity index (χ1v) is 9.37. The Labute approximate surface area is 183 Å². The molecule has 0 unspecified atom stereocenters. The molecule has 3 heterocycles. The van der Waals surface area contributed by atoms with Gasteiger partial charge in [-0.2, -0.15) is 5.10 Å². The van der Waals surface area contributed by atoms with Crippen molar-refractivity contribution in [3.63, 3.8) is 0 Å². The number of hydrogen-bond acceptors (Lipinski definition) is 5. The quantitative estimate of drug-likeness (QED) is 0.539. The number of hydrogen-bond donors (Lipinski definition) is 2. The largest absolute Gasteiger partial charge is 0.466 e. The normalized spacial score (nSPS) is 10.7. The lowest BCUT2D eigenvalue weighted by molar-refractivity contribution is 0.0955. The van der Waals surface area contributed by atoms with Crippen LogP contribution in [0.15, 0.2) is 22.7 Å². The second kappa shape index (κ2) is 10.6. The van der Waals surface area contributed by atoms with Gasteiger partial charge in [0.15, 0.2) is 5.65 Å². The van der Waals surface area contributed by atoms with E-state index in [2.05, 4.69) is 15.7 Å². The molecule has 2 N–H and O–H groups in total. The maximum atomic E-state index is 12.8. The summed E-state index contributed by atoms with van der Waals surface area (Å²) in [5.41, 5.74) is 2.90. The van der Waals surface area contributed by atoms with Crippen LogP contribution < -0.4 is 10.6 Å². The molecule has 29 heavy (non-hydrogen) atoms. The van der Waals surface area contributed by atoms with Crippen LogP contribution in [0.25, 0.3) is 22.3 Å². The summed E-state index contributed by atoms with van der Waals surface area (Å²) in [7, 11) is 0. The summed E-state index contributed by atoms with van der Waals surface area (Å²) in [6.07, 6.45) is 1.72. The number of likely N-dealkylation sites (N-methyl/N-ethyl adjacent to an activating group) is 1. The lowest BCUT2D eigenvalue weighted by atomic mass is 10.1. The van der Waals surface area contributed by atoms with Gasteiger partial charge in [-0.05, 0) is 46.4 Å². The van der Waals surface area contributed by atoms with Gasteiger partial charge in [0.1, 0.15) is 11.5 Å². The summed E-state index contributed by atoms with van der Waals surface area (Å²) in [5, 5.41) is 11.4. The Hall–Kier alpha value is -2.09. The van der Waals surface area contributed by atoms with E-state index in [0.29, 0.717) is 17.8 Å².